The zero-order valence-electron chi connectivity index (χ0n) is 17.6. The van der Waals surface area contributed by atoms with Gasteiger partial charge in [-0.3, -0.25) is 14.4 Å². The number of carbonyl (C=O) groups is 2. The molecule has 1 aliphatic heterocycles. The molecular formula is C23H24N6O3. The van der Waals surface area contributed by atoms with Gasteiger partial charge in [-0.05, 0) is 43.9 Å². The Labute approximate surface area is 184 Å². The van der Waals surface area contributed by atoms with Crippen LogP contribution in [0.5, 0.6) is 0 Å². The second-order valence-corrected chi connectivity index (χ2v) is 8.05. The molecule has 0 aliphatic carbocycles. The Morgan fingerprint density at radius 1 is 1.31 bits per heavy atom. The van der Waals surface area contributed by atoms with Crippen LogP contribution in [-0.4, -0.2) is 44.0 Å². The van der Waals surface area contributed by atoms with E-state index in [2.05, 4.69) is 9.97 Å². The van der Waals surface area contributed by atoms with Gasteiger partial charge in [0, 0.05) is 55.3 Å². The molecule has 9 heteroatoms. The van der Waals surface area contributed by atoms with Gasteiger partial charge in [0.1, 0.15) is 17.4 Å². The molecule has 0 spiro atoms. The van der Waals surface area contributed by atoms with Crippen molar-refractivity contribution < 1.29 is 9.59 Å². The van der Waals surface area contributed by atoms with Crippen LogP contribution in [0.1, 0.15) is 47.3 Å². The first kappa shape index (κ1) is 21.3. The van der Waals surface area contributed by atoms with E-state index in [4.69, 9.17) is 11.0 Å². The minimum absolute atomic E-state index is 0.0567. The number of piperidine rings is 1. The molecule has 0 bridgehead atoms. The number of pyridine rings is 1. The van der Waals surface area contributed by atoms with Crippen LogP contribution in [0.3, 0.4) is 0 Å². The highest BCUT2D eigenvalue weighted by molar-refractivity contribution is 5.98. The van der Waals surface area contributed by atoms with Gasteiger partial charge in [0.2, 0.25) is 5.91 Å². The molecule has 3 N–H and O–H groups in total. The number of nitriles is 1. The number of nitrogen functional groups attached to an aromatic ring is 1. The highest BCUT2D eigenvalue weighted by Gasteiger charge is 2.28. The van der Waals surface area contributed by atoms with Gasteiger partial charge >= 0.3 is 0 Å². The minimum Gasteiger partial charge on any atom is -0.383 e. The number of ketones is 1. The third-order valence-electron chi connectivity index (χ3n) is 5.96. The maximum Gasteiger partial charge on any atom is 0.272 e. The number of hydrogen-bond acceptors (Lipinski definition) is 6. The predicted molar refractivity (Wildman–Crippen MR) is 118 cm³/mol. The maximum absolute atomic E-state index is 12.8. The number of aromatic amines is 1. The third-order valence-corrected chi connectivity index (χ3v) is 5.96. The number of amides is 1. The lowest BCUT2D eigenvalue weighted by Gasteiger charge is -2.31. The number of nitrogens with zero attached hydrogens (tertiary/aromatic N) is 4. The second-order valence-electron chi connectivity index (χ2n) is 8.05. The highest BCUT2D eigenvalue weighted by atomic mass is 16.2. The lowest BCUT2D eigenvalue weighted by molar-refractivity contribution is -0.132. The number of fused-ring (bicyclic) bond motifs is 1. The summed E-state index contributed by atoms with van der Waals surface area (Å²) in [4.78, 5) is 46.0. The largest absolute Gasteiger partial charge is 0.383 e. The van der Waals surface area contributed by atoms with Crippen LogP contribution in [0.4, 0.5) is 5.82 Å². The molecule has 4 heterocycles. The molecule has 0 radical (unpaired) electrons. The number of nitrogens with two attached hydrogens (primary N) is 1. The van der Waals surface area contributed by atoms with E-state index in [9.17, 15) is 14.4 Å². The average Bonchev–Trinajstić information content (AvgIpc) is 3.28. The highest BCUT2D eigenvalue weighted by Crippen LogP contribution is 2.23. The number of carbonyl (C=O) groups excluding carboxylic acids is 2. The van der Waals surface area contributed by atoms with Gasteiger partial charge in [0.15, 0.2) is 5.78 Å². The van der Waals surface area contributed by atoms with Crippen molar-refractivity contribution in [2.24, 2.45) is 5.92 Å². The molecule has 3 aromatic rings. The lowest BCUT2D eigenvalue weighted by atomic mass is 9.89. The number of Topliss-reactive ketones (excluding diaryl/α,β-unsaturated/α-hetero) is 1. The molecular weight excluding hydrogens is 408 g/mol. The quantitative estimate of drug-likeness (QED) is 0.571. The van der Waals surface area contributed by atoms with Gasteiger partial charge in [0.05, 0.1) is 5.56 Å². The number of anilines is 1. The van der Waals surface area contributed by atoms with Gasteiger partial charge < -0.3 is 20.0 Å². The molecule has 1 saturated heterocycles. The Bertz CT molecular complexity index is 1260. The number of aryl methyl sites for hydroxylation is 1. The second kappa shape index (κ2) is 9.06. The number of hydrogen-bond donors (Lipinski definition) is 2. The molecule has 1 fully saturated rings. The standard InChI is InChI=1S/C23H24N6O3/c24-12-16-11-17(13-26-22(16)25)21(31)15-6-9-28(10-7-15)20(30)5-1-3-18-14-29-8-2-4-19(29)23(32)27-18/h2,4,8,11,13-15H,1,3,5-7,9-10H2,(H2,25,26)(H,27,32). The summed E-state index contributed by atoms with van der Waals surface area (Å²) in [5.74, 6) is -0.0946. The van der Waals surface area contributed by atoms with Crippen LogP contribution in [0, 0.1) is 17.2 Å². The van der Waals surface area contributed by atoms with Gasteiger partial charge in [-0.2, -0.15) is 5.26 Å². The fourth-order valence-electron chi connectivity index (χ4n) is 4.15. The van der Waals surface area contributed by atoms with Crippen LogP contribution in [0.2, 0.25) is 0 Å². The van der Waals surface area contributed by atoms with Crippen molar-refractivity contribution in [3.8, 4) is 6.07 Å². The normalized spacial score (nSPS) is 14.4. The topological polar surface area (TPSA) is 137 Å². The summed E-state index contributed by atoms with van der Waals surface area (Å²) in [5, 5.41) is 9.08. The van der Waals surface area contributed by atoms with Crippen molar-refractivity contribution in [2.75, 3.05) is 18.8 Å². The summed E-state index contributed by atoms with van der Waals surface area (Å²) >= 11 is 0. The molecule has 4 rings (SSSR count). The summed E-state index contributed by atoms with van der Waals surface area (Å²) in [5.41, 5.74) is 7.46. The Morgan fingerprint density at radius 2 is 2.09 bits per heavy atom. The van der Waals surface area contributed by atoms with Gasteiger partial charge in [-0.1, -0.05) is 0 Å². The molecule has 0 aromatic carbocycles. The number of likely N-dealkylation sites (tertiary alicyclic amines) is 1. The van der Waals surface area contributed by atoms with Gasteiger partial charge in [-0.15, -0.1) is 0 Å². The molecule has 0 atom stereocenters. The molecule has 3 aromatic heterocycles. The molecule has 164 valence electrons. The Morgan fingerprint density at radius 3 is 2.84 bits per heavy atom. The van der Waals surface area contributed by atoms with Crippen molar-refractivity contribution in [3.05, 3.63) is 64.0 Å². The fourth-order valence-corrected chi connectivity index (χ4v) is 4.15. The zero-order valence-corrected chi connectivity index (χ0v) is 17.6. The summed E-state index contributed by atoms with van der Waals surface area (Å²) in [6, 6.07) is 7.00. The third kappa shape index (κ3) is 4.39. The van der Waals surface area contributed by atoms with Crippen LogP contribution in [-0.2, 0) is 11.2 Å². The van der Waals surface area contributed by atoms with Crippen LogP contribution in [0.15, 0.2) is 41.6 Å². The molecule has 9 nitrogen and oxygen atoms in total. The van der Waals surface area contributed by atoms with Gasteiger partial charge in [0.25, 0.3) is 5.56 Å². The van der Waals surface area contributed by atoms with E-state index < -0.39 is 0 Å². The number of nitrogens with one attached hydrogen (secondary N) is 1. The Balaban J connectivity index is 1.27. The first-order valence-electron chi connectivity index (χ1n) is 10.6. The number of rotatable bonds is 6. The van der Waals surface area contributed by atoms with Gasteiger partial charge in [-0.25, -0.2) is 4.98 Å². The van der Waals surface area contributed by atoms with Crippen molar-refractivity contribution in [3.63, 3.8) is 0 Å². The Hall–Kier alpha value is -3.93. The molecule has 1 amide bonds. The minimum atomic E-state index is -0.200. The van der Waals surface area contributed by atoms with Crippen LogP contribution >= 0.6 is 0 Å². The summed E-state index contributed by atoms with van der Waals surface area (Å²) in [6.45, 7) is 1.05. The maximum atomic E-state index is 12.8. The number of aromatic nitrogens is 3. The van der Waals surface area contributed by atoms with Crippen molar-refractivity contribution in [1.29, 1.82) is 5.26 Å². The average molecular weight is 432 g/mol. The zero-order chi connectivity index (χ0) is 22.7. The molecule has 0 saturated carbocycles. The monoisotopic (exact) mass is 432 g/mol. The van der Waals surface area contributed by atoms with Crippen molar-refractivity contribution in [1.82, 2.24) is 19.3 Å². The summed E-state index contributed by atoms with van der Waals surface area (Å²) in [6.07, 6.45) is 7.89. The van der Waals surface area contributed by atoms with E-state index in [1.165, 1.54) is 12.3 Å². The summed E-state index contributed by atoms with van der Waals surface area (Å²) in [7, 11) is 0. The Kier molecular flexibility index (Phi) is 6.03. The van der Waals surface area contributed by atoms with Crippen LogP contribution < -0.4 is 11.3 Å². The smallest absolute Gasteiger partial charge is 0.272 e. The van der Waals surface area contributed by atoms with E-state index in [0.29, 0.717) is 56.3 Å². The van der Waals surface area contributed by atoms with Crippen molar-refractivity contribution >= 4 is 23.0 Å². The van der Waals surface area contributed by atoms with E-state index in [1.54, 1.807) is 15.4 Å². The van der Waals surface area contributed by atoms with Crippen LogP contribution in [0.25, 0.3) is 5.52 Å². The molecule has 32 heavy (non-hydrogen) atoms. The van der Waals surface area contributed by atoms with E-state index in [1.807, 2.05) is 24.5 Å². The van der Waals surface area contributed by atoms with E-state index >= 15 is 0 Å². The lowest BCUT2D eigenvalue weighted by Crippen LogP contribution is -2.40. The van der Waals surface area contributed by atoms with Crippen molar-refractivity contribution in [2.45, 2.75) is 32.1 Å². The first-order valence-corrected chi connectivity index (χ1v) is 10.6. The SMILES string of the molecule is N#Cc1cc(C(=O)C2CCN(C(=O)CCCc3cn4cccc4c(=O)[nH]3)CC2)cnc1N. The molecule has 0 unspecified atom stereocenters. The van der Waals surface area contributed by atoms with E-state index in [-0.39, 0.29) is 34.5 Å². The predicted octanol–water partition coefficient (Wildman–Crippen LogP) is 1.92. The fraction of sp³-hybridized carbons (Fsp3) is 0.348. The molecule has 1 aliphatic rings. The first-order chi connectivity index (χ1) is 15.5. The number of H-pyrrole nitrogens is 1. The summed E-state index contributed by atoms with van der Waals surface area (Å²) < 4.78 is 1.79. The van der Waals surface area contributed by atoms with E-state index in [0.717, 1.165) is 5.69 Å².